The molecule has 2 aliphatic heterocycles. The molecule has 1 fully saturated rings. The van der Waals surface area contributed by atoms with Crippen molar-refractivity contribution in [1.82, 2.24) is 10.2 Å². The molecule has 0 radical (unpaired) electrons. The van der Waals surface area contributed by atoms with Gasteiger partial charge >= 0.3 is 0 Å². The smallest absolute Gasteiger partial charge is 0.266 e. The zero-order valence-electron chi connectivity index (χ0n) is 19.3. The molecule has 2 heterocycles. The molecule has 192 valence electrons. The number of amides is 4. The zero-order valence-corrected chi connectivity index (χ0v) is 20.1. The van der Waals surface area contributed by atoms with Crippen LogP contribution in [0.1, 0.15) is 33.6 Å². The van der Waals surface area contributed by atoms with Crippen LogP contribution < -0.4 is 10.1 Å². The van der Waals surface area contributed by atoms with E-state index in [4.69, 9.17) is 35.3 Å². The molecule has 1 aromatic carbocycles. The third-order valence-electron chi connectivity index (χ3n) is 5.25. The first kappa shape index (κ1) is 27.0. The number of alkyl halides is 1. The van der Waals surface area contributed by atoms with E-state index in [1.54, 1.807) is 12.1 Å². The number of rotatable bonds is 16. The molecule has 1 unspecified atom stereocenters. The van der Waals surface area contributed by atoms with Gasteiger partial charge in [0.2, 0.25) is 11.8 Å². The Morgan fingerprint density at radius 3 is 2.03 bits per heavy atom. The van der Waals surface area contributed by atoms with E-state index in [1.807, 2.05) is 0 Å². The zero-order chi connectivity index (χ0) is 25.0. The largest absolute Gasteiger partial charge is 0.490 e. The summed E-state index contributed by atoms with van der Waals surface area (Å²) in [7, 11) is 0. The maximum Gasteiger partial charge on any atom is 0.266 e. The van der Waals surface area contributed by atoms with Crippen molar-refractivity contribution in [3.05, 3.63) is 29.3 Å². The van der Waals surface area contributed by atoms with Crippen LogP contribution in [0.4, 0.5) is 0 Å². The van der Waals surface area contributed by atoms with Gasteiger partial charge in [0.15, 0.2) is 0 Å². The number of carbonyl (C=O) groups is 4. The molecule has 0 spiro atoms. The predicted molar refractivity (Wildman–Crippen MR) is 123 cm³/mol. The fraction of sp³-hybridized carbons (Fsp3) is 0.565. The average molecular weight is 513 g/mol. The van der Waals surface area contributed by atoms with Crippen LogP contribution in [-0.4, -0.2) is 99.9 Å². The van der Waals surface area contributed by atoms with Crippen molar-refractivity contribution in [1.29, 1.82) is 0 Å². The van der Waals surface area contributed by atoms with Crippen LogP contribution in [0.3, 0.4) is 0 Å². The van der Waals surface area contributed by atoms with E-state index in [0.717, 1.165) is 4.90 Å². The fourth-order valence-corrected chi connectivity index (χ4v) is 3.74. The number of piperidine rings is 1. The van der Waals surface area contributed by atoms with Crippen LogP contribution in [0, 0.1) is 0 Å². The normalized spacial score (nSPS) is 17.6. The van der Waals surface area contributed by atoms with Crippen LogP contribution in [-0.2, 0) is 28.5 Å². The number of carbonyl (C=O) groups excluding carboxylic acids is 4. The third-order valence-corrected chi connectivity index (χ3v) is 5.41. The van der Waals surface area contributed by atoms with Crippen LogP contribution in [0.2, 0.25) is 0 Å². The van der Waals surface area contributed by atoms with E-state index in [9.17, 15) is 19.2 Å². The summed E-state index contributed by atoms with van der Waals surface area (Å²) < 4.78 is 27.1. The SMILES string of the molecule is O=C1CCC(N2C(=O)c3cccc(OCCOCCOCCOCCOCCCl)c3C2=O)C(=O)N1. The molecule has 0 aliphatic carbocycles. The van der Waals surface area contributed by atoms with Crippen molar-refractivity contribution < 1.29 is 42.9 Å². The lowest BCUT2D eigenvalue weighted by Crippen LogP contribution is -2.54. The number of imide groups is 2. The van der Waals surface area contributed by atoms with Crippen molar-refractivity contribution in [2.75, 3.05) is 65.3 Å². The Hall–Kier alpha value is -2.57. The number of hydrogen-bond acceptors (Lipinski definition) is 9. The lowest BCUT2D eigenvalue weighted by Gasteiger charge is -2.27. The Labute approximate surface area is 207 Å². The van der Waals surface area contributed by atoms with E-state index < -0.39 is 29.7 Å². The van der Waals surface area contributed by atoms with Gasteiger partial charge in [0.1, 0.15) is 18.4 Å². The Balaban J connectivity index is 1.35. The first-order valence-corrected chi connectivity index (χ1v) is 11.9. The van der Waals surface area contributed by atoms with Crippen LogP contribution in [0.15, 0.2) is 18.2 Å². The molecule has 0 aromatic heterocycles. The predicted octanol–water partition coefficient (Wildman–Crippen LogP) is 0.772. The highest BCUT2D eigenvalue weighted by atomic mass is 35.5. The summed E-state index contributed by atoms with van der Waals surface area (Å²) in [5, 5.41) is 2.17. The van der Waals surface area contributed by atoms with Crippen molar-refractivity contribution in [3.63, 3.8) is 0 Å². The quantitative estimate of drug-likeness (QED) is 0.194. The van der Waals surface area contributed by atoms with Gasteiger partial charge in [-0.1, -0.05) is 6.07 Å². The van der Waals surface area contributed by atoms with Crippen molar-refractivity contribution >= 4 is 35.2 Å². The van der Waals surface area contributed by atoms with Gasteiger partial charge < -0.3 is 23.7 Å². The number of hydrogen-bond donors (Lipinski definition) is 1. The summed E-state index contributed by atoms with van der Waals surface area (Å²) in [5.74, 6) is -1.57. The highest BCUT2D eigenvalue weighted by Crippen LogP contribution is 2.33. The highest BCUT2D eigenvalue weighted by molar-refractivity contribution is 6.24. The molecule has 1 atom stereocenters. The third kappa shape index (κ3) is 7.45. The van der Waals surface area contributed by atoms with Gasteiger partial charge in [0.25, 0.3) is 11.8 Å². The van der Waals surface area contributed by atoms with Crippen LogP contribution in [0.5, 0.6) is 5.75 Å². The van der Waals surface area contributed by atoms with Gasteiger partial charge in [-0.15, -0.1) is 11.6 Å². The standard InChI is InChI=1S/C23H29ClN2O9/c24-6-7-31-8-9-32-10-11-33-12-13-34-14-15-35-18-3-1-2-16-20(18)23(30)26(22(16)29)17-4-5-19(27)25-21(17)28/h1-3,17H,4-15H2,(H,25,27,28). The van der Waals surface area contributed by atoms with E-state index in [2.05, 4.69) is 5.32 Å². The second kappa shape index (κ2) is 14.1. The number of nitrogens with zero attached hydrogens (tertiary/aromatic N) is 1. The summed E-state index contributed by atoms with van der Waals surface area (Å²) in [6.45, 7) is 3.52. The van der Waals surface area contributed by atoms with Crippen molar-refractivity contribution in [2.45, 2.75) is 18.9 Å². The van der Waals surface area contributed by atoms with Crippen molar-refractivity contribution in [3.8, 4) is 5.75 Å². The molecule has 0 bridgehead atoms. The van der Waals surface area contributed by atoms with Gasteiger partial charge in [-0.25, -0.2) is 0 Å². The number of fused-ring (bicyclic) bond motifs is 1. The minimum absolute atomic E-state index is 0.0607. The van der Waals surface area contributed by atoms with Crippen LogP contribution >= 0.6 is 11.6 Å². The molecule has 11 nitrogen and oxygen atoms in total. The first-order chi connectivity index (χ1) is 17.0. The number of ether oxygens (including phenoxy) is 5. The lowest BCUT2D eigenvalue weighted by molar-refractivity contribution is -0.136. The summed E-state index contributed by atoms with van der Waals surface area (Å²) in [6.07, 6.45) is 0.155. The molecule has 1 aromatic rings. The molecular formula is C23H29ClN2O9. The summed E-state index contributed by atoms with van der Waals surface area (Å²) >= 11 is 5.50. The topological polar surface area (TPSA) is 130 Å². The molecule has 2 aliphatic rings. The molecule has 4 amide bonds. The lowest BCUT2D eigenvalue weighted by atomic mass is 10.0. The summed E-state index contributed by atoms with van der Waals surface area (Å²) in [6, 6.07) is 3.68. The average Bonchev–Trinajstić information content (AvgIpc) is 3.10. The molecular weight excluding hydrogens is 484 g/mol. The van der Waals surface area contributed by atoms with Crippen molar-refractivity contribution in [2.24, 2.45) is 0 Å². The summed E-state index contributed by atoms with van der Waals surface area (Å²) in [5.41, 5.74) is 0.276. The molecule has 3 rings (SSSR count). The number of halogens is 1. The molecule has 1 N–H and O–H groups in total. The summed E-state index contributed by atoms with van der Waals surface area (Å²) in [4.78, 5) is 50.3. The van der Waals surface area contributed by atoms with Gasteiger partial charge in [-0.3, -0.25) is 29.4 Å². The number of nitrogens with one attached hydrogen (secondary N) is 1. The Morgan fingerprint density at radius 1 is 0.829 bits per heavy atom. The Morgan fingerprint density at radius 2 is 1.43 bits per heavy atom. The maximum atomic E-state index is 13.0. The Bertz CT molecular complexity index is 911. The monoisotopic (exact) mass is 512 g/mol. The number of benzene rings is 1. The highest BCUT2D eigenvalue weighted by Gasteiger charge is 2.45. The van der Waals surface area contributed by atoms with Gasteiger partial charge in [0, 0.05) is 12.3 Å². The molecule has 0 saturated carbocycles. The second-order valence-electron chi connectivity index (χ2n) is 7.61. The second-order valence-corrected chi connectivity index (χ2v) is 7.99. The van der Waals surface area contributed by atoms with Gasteiger partial charge in [-0.05, 0) is 18.6 Å². The van der Waals surface area contributed by atoms with Gasteiger partial charge in [0.05, 0.1) is 64.0 Å². The maximum absolute atomic E-state index is 13.0. The van der Waals surface area contributed by atoms with E-state index >= 15 is 0 Å². The minimum Gasteiger partial charge on any atom is -0.490 e. The minimum atomic E-state index is -1.02. The van der Waals surface area contributed by atoms with E-state index in [0.29, 0.717) is 52.1 Å². The molecule has 35 heavy (non-hydrogen) atoms. The van der Waals surface area contributed by atoms with E-state index in [1.165, 1.54) is 6.07 Å². The molecule has 12 heteroatoms. The fourth-order valence-electron chi connectivity index (χ4n) is 3.63. The molecule has 1 saturated heterocycles. The van der Waals surface area contributed by atoms with Crippen LogP contribution in [0.25, 0.3) is 0 Å². The first-order valence-electron chi connectivity index (χ1n) is 11.4. The van der Waals surface area contributed by atoms with E-state index in [-0.39, 0.29) is 42.9 Å². The Kier molecular flexibility index (Phi) is 10.9. The van der Waals surface area contributed by atoms with Gasteiger partial charge in [-0.2, -0.15) is 0 Å².